The van der Waals surface area contributed by atoms with E-state index in [2.05, 4.69) is 6.07 Å². The summed E-state index contributed by atoms with van der Waals surface area (Å²) in [5, 5.41) is 0.615. The number of anilines is 1. The van der Waals surface area contributed by atoms with Crippen molar-refractivity contribution in [3.05, 3.63) is 53.8 Å². The largest absolute Gasteiger partial charge is 0.376 e. The molecule has 5 rings (SSSR count). The van der Waals surface area contributed by atoms with Gasteiger partial charge in [-0.2, -0.15) is 4.31 Å². The zero-order chi connectivity index (χ0) is 24.6. The standard InChI is InChI=1S/C25H28FN3O4S2/c1-17-6-11-22-23(14-17)34-25(27-22)29(16-20-5-3-13-33-20)24(30)18-4-2-12-28(15-18)35(31,32)21-9-7-19(26)8-10-21/h6-11,14,18,20H,2-5,12-13,15-16H2,1H3. The lowest BCUT2D eigenvalue weighted by atomic mass is 9.98. The molecule has 0 N–H and O–H groups in total. The Morgan fingerprint density at radius 1 is 1.20 bits per heavy atom. The molecule has 2 unspecified atom stereocenters. The van der Waals surface area contributed by atoms with Crippen molar-refractivity contribution in [2.45, 2.75) is 43.6 Å². The van der Waals surface area contributed by atoms with Gasteiger partial charge in [-0.3, -0.25) is 9.69 Å². The fourth-order valence-electron chi connectivity index (χ4n) is 4.73. The number of amides is 1. The molecule has 2 atom stereocenters. The molecular formula is C25H28FN3O4S2. The predicted octanol–water partition coefficient (Wildman–Crippen LogP) is 4.36. The Morgan fingerprint density at radius 3 is 2.74 bits per heavy atom. The zero-order valence-electron chi connectivity index (χ0n) is 19.5. The normalized spacial score (nSPS) is 21.4. The van der Waals surface area contributed by atoms with Crippen LogP contribution in [0.5, 0.6) is 0 Å². The maximum Gasteiger partial charge on any atom is 0.243 e. The monoisotopic (exact) mass is 517 g/mol. The van der Waals surface area contributed by atoms with Crippen molar-refractivity contribution >= 4 is 42.6 Å². The first-order valence-electron chi connectivity index (χ1n) is 11.9. The summed E-state index contributed by atoms with van der Waals surface area (Å²) in [6.45, 7) is 3.52. The van der Waals surface area contributed by atoms with Crippen molar-refractivity contribution in [3.8, 4) is 0 Å². The maximum absolute atomic E-state index is 13.8. The number of carbonyl (C=O) groups is 1. The molecule has 0 radical (unpaired) electrons. The van der Waals surface area contributed by atoms with Crippen LogP contribution in [0.25, 0.3) is 10.2 Å². The van der Waals surface area contributed by atoms with E-state index in [1.54, 1.807) is 4.90 Å². The van der Waals surface area contributed by atoms with Gasteiger partial charge in [-0.05, 0) is 74.6 Å². The number of hydrogen-bond acceptors (Lipinski definition) is 6. The Morgan fingerprint density at radius 2 is 2.00 bits per heavy atom. The highest BCUT2D eigenvalue weighted by Crippen LogP contribution is 2.33. The van der Waals surface area contributed by atoms with Gasteiger partial charge < -0.3 is 4.74 Å². The molecule has 3 heterocycles. The van der Waals surface area contributed by atoms with Gasteiger partial charge >= 0.3 is 0 Å². The summed E-state index contributed by atoms with van der Waals surface area (Å²) in [5.41, 5.74) is 1.96. The molecule has 0 saturated carbocycles. The molecule has 10 heteroatoms. The van der Waals surface area contributed by atoms with Gasteiger partial charge in [0.05, 0.1) is 33.7 Å². The molecule has 35 heavy (non-hydrogen) atoms. The Bertz CT molecular complexity index is 1320. The van der Waals surface area contributed by atoms with Crippen molar-refractivity contribution in [3.63, 3.8) is 0 Å². The highest BCUT2D eigenvalue weighted by atomic mass is 32.2. The van der Waals surface area contributed by atoms with Gasteiger partial charge in [0, 0.05) is 19.7 Å². The molecule has 0 spiro atoms. The molecule has 0 aliphatic carbocycles. The van der Waals surface area contributed by atoms with Crippen LogP contribution in [0.2, 0.25) is 0 Å². The van der Waals surface area contributed by atoms with Crippen molar-refractivity contribution in [1.82, 2.24) is 9.29 Å². The van der Waals surface area contributed by atoms with Crippen LogP contribution in [0.1, 0.15) is 31.2 Å². The molecule has 2 aliphatic heterocycles. The molecule has 2 aliphatic rings. The van der Waals surface area contributed by atoms with E-state index in [1.807, 2.05) is 19.1 Å². The topological polar surface area (TPSA) is 79.8 Å². The van der Waals surface area contributed by atoms with Gasteiger partial charge in [-0.15, -0.1) is 0 Å². The van der Waals surface area contributed by atoms with E-state index in [1.165, 1.54) is 27.8 Å². The molecule has 1 amide bonds. The molecule has 2 saturated heterocycles. The molecule has 1 aromatic heterocycles. The number of piperidine rings is 1. The number of nitrogens with zero attached hydrogens (tertiary/aromatic N) is 3. The Hall–Kier alpha value is -2.40. The van der Waals surface area contributed by atoms with E-state index in [9.17, 15) is 17.6 Å². The van der Waals surface area contributed by atoms with Crippen molar-refractivity contribution in [2.75, 3.05) is 31.1 Å². The molecule has 0 bridgehead atoms. The van der Waals surface area contributed by atoms with Crippen molar-refractivity contribution in [2.24, 2.45) is 5.92 Å². The minimum atomic E-state index is -3.83. The minimum absolute atomic E-state index is 0.0322. The van der Waals surface area contributed by atoms with Gasteiger partial charge in [-0.1, -0.05) is 17.4 Å². The van der Waals surface area contributed by atoms with Gasteiger partial charge in [0.2, 0.25) is 15.9 Å². The van der Waals surface area contributed by atoms with E-state index < -0.39 is 21.8 Å². The van der Waals surface area contributed by atoms with E-state index in [0.29, 0.717) is 37.7 Å². The third-order valence-corrected chi connectivity index (χ3v) is 9.55. The highest BCUT2D eigenvalue weighted by Gasteiger charge is 2.37. The van der Waals surface area contributed by atoms with E-state index in [0.717, 1.165) is 40.8 Å². The van der Waals surface area contributed by atoms with Crippen LogP contribution in [0.15, 0.2) is 47.4 Å². The lowest BCUT2D eigenvalue weighted by Gasteiger charge is -2.34. The number of halogens is 1. The molecule has 2 aromatic carbocycles. The summed E-state index contributed by atoms with van der Waals surface area (Å²) in [4.78, 5) is 20.3. The highest BCUT2D eigenvalue weighted by molar-refractivity contribution is 7.89. The average Bonchev–Trinajstić information content (AvgIpc) is 3.52. The van der Waals surface area contributed by atoms with E-state index >= 15 is 0 Å². The van der Waals surface area contributed by atoms with Gasteiger partial charge in [0.15, 0.2) is 5.13 Å². The first-order valence-corrected chi connectivity index (χ1v) is 14.1. The van der Waals surface area contributed by atoms with Crippen LogP contribution >= 0.6 is 11.3 Å². The second-order valence-corrected chi connectivity index (χ2v) is 12.2. The SMILES string of the molecule is Cc1ccc2nc(N(CC3CCCO3)C(=O)C3CCCN(S(=O)(=O)c4ccc(F)cc4)C3)sc2c1. The Balaban J connectivity index is 1.41. The number of carbonyl (C=O) groups excluding carboxylic acids is 1. The smallest absolute Gasteiger partial charge is 0.243 e. The van der Waals surface area contributed by atoms with Crippen LogP contribution in [0.4, 0.5) is 9.52 Å². The van der Waals surface area contributed by atoms with Crippen LogP contribution < -0.4 is 4.90 Å². The fourth-order valence-corrected chi connectivity index (χ4v) is 7.33. The number of benzene rings is 2. The number of fused-ring (bicyclic) bond motifs is 1. The lowest BCUT2D eigenvalue weighted by molar-refractivity contribution is -0.123. The molecule has 2 fully saturated rings. The summed E-state index contributed by atoms with van der Waals surface area (Å²) in [5.74, 6) is -1.11. The summed E-state index contributed by atoms with van der Waals surface area (Å²) in [6.07, 6.45) is 2.95. The fraction of sp³-hybridized carbons (Fsp3) is 0.440. The number of sulfonamides is 1. The average molecular weight is 518 g/mol. The van der Waals surface area contributed by atoms with E-state index in [-0.39, 0.29) is 23.5 Å². The van der Waals surface area contributed by atoms with Gasteiger partial charge in [0.1, 0.15) is 5.82 Å². The van der Waals surface area contributed by atoms with Crippen LogP contribution in [-0.2, 0) is 19.6 Å². The summed E-state index contributed by atoms with van der Waals surface area (Å²) in [6, 6.07) is 10.8. The third kappa shape index (κ3) is 5.11. The Kier molecular flexibility index (Phi) is 6.89. The zero-order valence-corrected chi connectivity index (χ0v) is 21.2. The third-order valence-electron chi connectivity index (χ3n) is 6.62. The first-order chi connectivity index (χ1) is 16.8. The van der Waals surface area contributed by atoms with E-state index in [4.69, 9.17) is 9.72 Å². The Labute approximate surface area is 208 Å². The predicted molar refractivity (Wildman–Crippen MR) is 134 cm³/mol. The molecule has 186 valence electrons. The minimum Gasteiger partial charge on any atom is -0.376 e. The summed E-state index contributed by atoms with van der Waals surface area (Å²) < 4.78 is 47.9. The van der Waals surface area contributed by atoms with Crippen LogP contribution in [-0.4, -0.2) is 56.0 Å². The second-order valence-electron chi connectivity index (χ2n) is 9.21. The molecule has 3 aromatic rings. The maximum atomic E-state index is 13.8. The first kappa shape index (κ1) is 24.3. The lowest BCUT2D eigenvalue weighted by Crippen LogP contribution is -2.48. The number of rotatable bonds is 6. The number of aryl methyl sites for hydroxylation is 1. The number of aromatic nitrogens is 1. The second kappa shape index (κ2) is 9.93. The molecular weight excluding hydrogens is 489 g/mol. The van der Waals surface area contributed by atoms with Crippen LogP contribution in [0.3, 0.4) is 0 Å². The summed E-state index contributed by atoms with van der Waals surface area (Å²) >= 11 is 1.47. The van der Waals surface area contributed by atoms with Crippen LogP contribution in [0, 0.1) is 18.7 Å². The van der Waals surface area contributed by atoms with Gasteiger partial charge in [-0.25, -0.2) is 17.8 Å². The quantitative estimate of drug-likeness (QED) is 0.486. The number of thiazole rings is 1. The van der Waals surface area contributed by atoms with Crippen molar-refractivity contribution in [1.29, 1.82) is 0 Å². The van der Waals surface area contributed by atoms with Gasteiger partial charge in [0.25, 0.3) is 0 Å². The van der Waals surface area contributed by atoms with Crippen molar-refractivity contribution < 1.29 is 22.3 Å². The summed E-state index contributed by atoms with van der Waals surface area (Å²) in [7, 11) is -3.83. The number of hydrogen-bond donors (Lipinski definition) is 0. The number of ether oxygens (including phenoxy) is 1. The molecule has 7 nitrogen and oxygen atoms in total.